The molecule has 1 aromatic heterocycles. The fourth-order valence-corrected chi connectivity index (χ4v) is 1.91. The van der Waals surface area contributed by atoms with Crippen LogP contribution >= 0.6 is 0 Å². The molecule has 1 aliphatic rings. The van der Waals surface area contributed by atoms with Crippen LogP contribution in [0.3, 0.4) is 0 Å². The van der Waals surface area contributed by atoms with Crippen LogP contribution in [0.15, 0.2) is 6.20 Å². The maximum atomic E-state index is 5.48. The molecule has 78 valence electrons. The molecule has 5 nitrogen and oxygen atoms in total. The molecule has 2 heterocycles. The van der Waals surface area contributed by atoms with Gasteiger partial charge in [0.05, 0.1) is 6.20 Å². The van der Waals surface area contributed by atoms with Gasteiger partial charge in [0.1, 0.15) is 0 Å². The summed E-state index contributed by atoms with van der Waals surface area (Å²) >= 11 is 0. The van der Waals surface area contributed by atoms with Crippen LogP contribution in [0.25, 0.3) is 0 Å². The van der Waals surface area contributed by atoms with Gasteiger partial charge in [0, 0.05) is 6.54 Å². The maximum absolute atomic E-state index is 5.48. The molecule has 0 spiro atoms. The van der Waals surface area contributed by atoms with Crippen LogP contribution in [0.5, 0.6) is 0 Å². The van der Waals surface area contributed by atoms with E-state index in [1.807, 2.05) is 4.68 Å². The molecule has 0 bridgehead atoms. The molecule has 1 fully saturated rings. The van der Waals surface area contributed by atoms with Gasteiger partial charge in [-0.05, 0) is 38.3 Å². The lowest BCUT2D eigenvalue weighted by atomic mass is 9.96. The summed E-state index contributed by atoms with van der Waals surface area (Å²) in [6.07, 6.45) is 5.58. The Morgan fingerprint density at radius 2 is 2.57 bits per heavy atom. The van der Waals surface area contributed by atoms with Crippen molar-refractivity contribution in [1.29, 1.82) is 0 Å². The van der Waals surface area contributed by atoms with Gasteiger partial charge >= 0.3 is 0 Å². The van der Waals surface area contributed by atoms with Crippen molar-refractivity contribution in [3.8, 4) is 0 Å². The second-order valence-electron chi connectivity index (χ2n) is 3.91. The Balaban J connectivity index is 1.76. The van der Waals surface area contributed by atoms with Crippen LogP contribution in [0, 0.1) is 5.92 Å². The number of hydrogen-bond acceptors (Lipinski definition) is 4. The Hall–Kier alpha value is -1.10. The van der Waals surface area contributed by atoms with Gasteiger partial charge < -0.3 is 11.1 Å². The number of anilines is 1. The molecule has 1 atom stereocenters. The van der Waals surface area contributed by atoms with E-state index >= 15 is 0 Å². The quantitative estimate of drug-likeness (QED) is 0.725. The molecule has 0 amide bonds. The Morgan fingerprint density at radius 1 is 1.64 bits per heavy atom. The lowest BCUT2D eigenvalue weighted by Crippen LogP contribution is -2.30. The van der Waals surface area contributed by atoms with Gasteiger partial charge in [-0.1, -0.05) is 5.21 Å². The number of rotatable bonds is 3. The fourth-order valence-electron chi connectivity index (χ4n) is 1.91. The first-order valence-corrected chi connectivity index (χ1v) is 5.21. The summed E-state index contributed by atoms with van der Waals surface area (Å²) in [5.74, 6) is 1.29. The predicted octanol–water partition coefficient (Wildman–Crippen LogP) is 0.250. The normalized spacial score (nSPS) is 22.4. The third kappa shape index (κ3) is 2.45. The van der Waals surface area contributed by atoms with Crippen LogP contribution in [-0.4, -0.2) is 28.1 Å². The highest BCUT2D eigenvalue weighted by molar-refractivity contribution is 5.19. The number of nitrogens with two attached hydrogens (primary N) is 1. The van der Waals surface area contributed by atoms with Crippen molar-refractivity contribution in [3.63, 3.8) is 0 Å². The third-order valence-corrected chi connectivity index (χ3v) is 2.72. The van der Waals surface area contributed by atoms with E-state index in [1.165, 1.54) is 19.4 Å². The van der Waals surface area contributed by atoms with Crippen LogP contribution in [0.4, 0.5) is 5.82 Å². The van der Waals surface area contributed by atoms with Gasteiger partial charge in [-0.3, -0.25) is 4.68 Å². The Bertz CT molecular complexity index is 276. The SMILES string of the molecule is Nc1cn(CCC2CCCNC2)nn1. The summed E-state index contributed by atoms with van der Waals surface area (Å²) in [6.45, 7) is 3.24. The van der Waals surface area contributed by atoms with Gasteiger partial charge in [0.25, 0.3) is 0 Å². The molecule has 0 radical (unpaired) electrons. The number of nitrogens with zero attached hydrogens (tertiary/aromatic N) is 3. The van der Waals surface area contributed by atoms with Crippen LogP contribution in [0.2, 0.25) is 0 Å². The molecule has 1 unspecified atom stereocenters. The highest BCUT2D eigenvalue weighted by atomic mass is 15.4. The number of nitrogens with one attached hydrogen (secondary N) is 1. The molecule has 3 N–H and O–H groups in total. The van der Waals surface area contributed by atoms with Gasteiger partial charge in [-0.25, -0.2) is 0 Å². The van der Waals surface area contributed by atoms with E-state index in [2.05, 4.69) is 15.6 Å². The molecule has 2 rings (SSSR count). The van der Waals surface area contributed by atoms with Crippen LogP contribution in [-0.2, 0) is 6.54 Å². The molecule has 0 saturated carbocycles. The van der Waals surface area contributed by atoms with Crippen molar-refractivity contribution in [2.24, 2.45) is 5.92 Å². The van der Waals surface area contributed by atoms with E-state index in [1.54, 1.807) is 6.20 Å². The largest absolute Gasteiger partial charge is 0.381 e. The fraction of sp³-hybridized carbons (Fsp3) is 0.778. The standard InChI is InChI=1S/C9H17N5/c10-9-7-14(13-12-9)5-3-8-2-1-4-11-6-8/h7-8,11H,1-6,10H2. The minimum absolute atomic E-state index is 0.506. The second kappa shape index (κ2) is 4.41. The Labute approximate surface area is 83.7 Å². The molecular weight excluding hydrogens is 178 g/mol. The Morgan fingerprint density at radius 3 is 3.21 bits per heavy atom. The molecule has 1 aliphatic heterocycles. The van der Waals surface area contributed by atoms with E-state index in [4.69, 9.17) is 5.73 Å². The third-order valence-electron chi connectivity index (χ3n) is 2.72. The van der Waals surface area contributed by atoms with Crippen molar-refractivity contribution in [3.05, 3.63) is 6.20 Å². The minimum atomic E-state index is 0.506. The summed E-state index contributed by atoms with van der Waals surface area (Å²) in [6, 6.07) is 0. The molecule has 14 heavy (non-hydrogen) atoms. The van der Waals surface area contributed by atoms with Gasteiger partial charge in [0.2, 0.25) is 0 Å². The van der Waals surface area contributed by atoms with Crippen LogP contribution in [0.1, 0.15) is 19.3 Å². The molecule has 1 saturated heterocycles. The number of aryl methyl sites for hydroxylation is 1. The van der Waals surface area contributed by atoms with E-state index < -0.39 is 0 Å². The zero-order chi connectivity index (χ0) is 9.80. The lowest BCUT2D eigenvalue weighted by Gasteiger charge is -2.22. The number of piperidine rings is 1. The highest BCUT2D eigenvalue weighted by Crippen LogP contribution is 2.14. The monoisotopic (exact) mass is 195 g/mol. The molecule has 0 aliphatic carbocycles. The highest BCUT2D eigenvalue weighted by Gasteiger charge is 2.12. The maximum Gasteiger partial charge on any atom is 0.165 e. The van der Waals surface area contributed by atoms with Crippen molar-refractivity contribution in [2.45, 2.75) is 25.8 Å². The average molecular weight is 195 g/mol. The van der Waals surface area contributed by atoms with E-state index in [9.17, 15) is 0 Å². The summed E-state index contributed by atoms with van der Waals surface area (Å²) in [5.41, 5.74) is 5.48. The summed E-state index contributed by atoms with van der Waals surface area (Å²) in [7, 11) is 0. The van der Waals surface area contributed by atoms with E-state index in [-0.39, 0.29) is 0 Å². The lowest BCUT2D eigenvalue weighted by molar-refractivity contribution is 0.334. The predicted molar refractivity (Wildman–Crippen MR) is 54.6 cm³/mol. The van der Waals surface area contributed by atoms with E-state index in [0.717, 1.165) is 25.4 Å². The van der Waals surface area contributed by atoms with E-state index in [0.29, 0.717) is 5.82 Å². The summed E-state index contributed by atoms with van der Waals surface area (Å²) < 4.78 is 1.82. The molecule has 1 aromatic rings. The van der Waals surface area contributed by atoms with Crippen molar-refractivity contribution >= 4 is 5.82 Å². The molecule has 5 heteroatoms. The average Bonchev–Trinajstić information content (AvgIpc) is 2.63. The minimum Gasteiger partial charge on any atom is -0.381 e. The zero-order valence-electron chi connectivity index (χ0n) is 8.32. The molecular formula is C9H17N5. The van der Waals surface area contributed by atoms with Crippen LogP contribution < -0.4 is 11.1 Å². The van der Waals surface area contributed by atoms with Gasteiger partial charge in [-0.2, -0.15) is 0 Å². The first-order chi connectivity index (χ1) is 6.84. The number of hydrogen-bond donors (Lipinski definition) is 2. The number of aromatic nitrogens is 3. The second-order valence-corrected chi connectivity index (χ2v) is 3.91. The molecule has 0 aromatic carbocycles. The van der Waals surface area contributed by atoms with Crippen molar-refractivity contribution in [1.82, 2.24) is 20.3 Å². The number of nitrogen functional groups attached to an aromatic ring is 1. The first-order valence-electron chi connectivity index (χ1n) is 5.21. The Kier molecular flexibility index (Phi) is 2.98. The van der Waals surface area contributed by atoms with Crippen molar-refractivity contribution < 1.29 is 0 Å². The summed E-state index contributed by atoms with van der Waals surface area (Å²) in [4.78, 5) is 0. The first kappa shape index (κ1) is 9.45. The zero-order valence-corrected chi connectivity index (χ0v) is 8.32. The van der Waals surface area contributed by atoms with Gasteiger partial charge in [0.15, 0.2) is 5.82 Å². The smallest absolute Gasteiger partial charge is 0.165 e. The van der Waals surface area contributed by atoms with Gasteiger partial charge in [-0.15, -0.1) is 5.10 Å². The summed E-state index contributed by atoms with van der Waals surface area (Å²) in [5, 5.41) is 11.1. The topological polar surface area (TPSA) is 68.8 Å². The van der Waals surface area contributed by atoms with Crippen molar-refractivity contribution in [2.75, 3.05) is 18.8 Å².